The molecule has 134 valence electrons. The molecule has 3 rings (SSSR count). The number of fused-ring (bicyclic) bond motifs is 1. The van der Waals surface area contributed by atoms with Gasteiger partial charge in [0.05, 0.1) is 13.2 Å². The minimum absolute atomic E-state index is 0.0725. The number of hydrogen-bond acceptors (Lipinski definition) is 3. The average Bonchev–Trinajstić information content (AvgIpc) is 2.70. The van der Waals surface area contributed by atoms with E-state index in [0.717, 1.165) is 42.6 Å². The van der Waals surface area contributed by atoms with Gasteiger partial charge in [0.1, 0.15) is 5.75 Å². The molecule has 0 fully saturated rings. The lowest BCUT2D eigenvalue weighted by molar-refractivity contribution is -0.130. The maximum atomic E-state index is 12.7. The third-order valence-corrected chi connectivity index (χ3v) is 5.02. The molecule has 0 N–H and O–H groups in total. The zero-order valence-corrected chi connectivity index (χ0v) is 15.3. The minimum atomic E-state index is -0.263. The van der Waals surface area contributed by atoms with E-state index in [1.54, 1.807) is 13.3 Å². The monoisotopic (exact) mass is 348 g/mol. The van der Waals surface area contributed by atoms with Crippen molar-refractivity contribution in [3.63, 3.8) is 0 Å². The zero-order chi connectivity index (χ0) is 18.5. The highest BCUT2D eigenvalue weighted by atomic mass is 16.5. The standard InChI is InChI=1S/C22H24N2O2/c1-4-6-9-18-13-17-14-19(26-3)10-11-20(17)22(24(18)21(25)5-2)16-8-7-12-23-15-16/h2,7-8,10-12,14-15,18,22H,4,6,9,13H2,1,3H3/t18-,22-/m0/s1. The second kappa shape index (κ2) is 8.05. The number of rotatable bonds is 5. The first-order valence-electron chi connectivity index (χ1n) is 9.05. The normalized spacial score (nSPS) is 18.7. The molecule has 2 aromatic rings. The van der Waals surface area contributed by atoms with Crippen molar-refractivity contribution in [1.82, 2.24) is 9.88 Å². The fraction of sp³-hybridized carbons (Fsp3) is 0.364. The van der Waals surface area contributed by atoms with Crippen LogP contribution in [0.2, 0.25) is 0 Å². The number of amides is 1. The van der Waals surface area contributed by atoms with Crippen molar-refractivity contribution in [1.29, 1.82) is 0 Å². The first kappa shape index (κ1) is 18.0. The van der Waals surface area contributed by atoms with Crippen LogP contribution in [0.5, 0.6) is 5.75 Å². The smallest absolute Gasteiger partial charge is 0.299 e. The summed E-state index contributed by atoms with van der Waals surface area (Å²) in [5.74, 6) is 2.91. The number of hydrogen-bond donors (Lipinski definition) is 0. The van der Waals surface area contributed by atoms with Crippen LogP contribution in [-0.4, -0.2) is 28.9 Å². The second-order valence-electron chi connectivity index (χ2n) is 6.61. The van der Waals surface area contributed by atoms with Gasteiger partial charge in [0.25, 0.3) is 5.91 Å². The Morgan fingerprint density at radius 1 is 1.42 bits per heavy atom. The van der Waals surface area contributed by atoms with E-state index < -0.39 is 0 Å². The molecule has 0 bridgehead atoms. The average molecular weight is 348 g/mol. The maximum Gasteiger partial charge on any atom is 0.299 e. The van der Waals surface area contributed by atoms with Crippen molar-refractivity contribution in [3.05, 3.63) is 59.4 Å². The molecule has 1 aromatic heterocycles. The fourth-order valence-corrected chi connectivity index (χ4v) is 3.78. The molecule has 0 saturated carbocycles. The summed E-state index contributed by atoms with van der Waals surface area (Å²) < 4.78 is 5.41. The SMILES string of the molecule is C#CC(=O)N1[C@@H](CCCC)Cc2cc(OC)ccc2[C@@H]1c1cccnc1. The quantitative estimate of drug-likeness (QED) is 0.773. The van der Waals surface area contributed by atoms with Gasteiger partial charge in [0, 0.05) is 18.4 Å². The van der Waals surface area contributed by atoms with Crippen LogP contribution >= 0.6 is 0 Å². The molecule has 0 radical (unpaired) electrons. The summed E-state index contributed by atoms with van der Waals surface area (Å²) in [6.07, 6.45) is 12.9. The molecule has 1 aliphatic rings. The van der Waals surface area contributed by atoms with Gasteiger partial charge in [0.2, 0.25) is 0 Å². The van der Waals surface area contributed by atoms with Crippen molar-refractivity contribution >= 4 is 5.91 Å². The summed E-state index contributed by atoms with van der Waals surface area (Å²) in [6, 6.07) is 9.81. The van der Waals surface area contributed by atoms with Gasteiger partial charge in [-0.2, -0.15) is 0 Å². The van der Waals surface area contributed by atoms with E-state index in [9.17, 15) is 4.79 Å². The Morgan fingerprint density at radius 3 is 2.92 bits per heavy atom. The Bertz CT molecular complexity index is 811. The summed E-state index contributed by atoms with van der Waals surface area (Å²) >= 11 is 0. The van der Waals surface area contributed by atoms with Gasteiger partial charge >= 0.3 is 0 Å². The van der Waals surface area contributed by atoms with Crippen LogP contribution < -0.4 is 4.74 Å². The summed E-state index contributed by atoms with van der Waals surface area (Å²) in [5, 5.41) is 0. The van der Waals surface area contributed by atoms with E-state index in [4.69, 9.17) is 11.2 Å². The number of benzene rings is 1. The first-order valence-corrected chi connectivity index (χ1v) is 9.05. The largest absolute Gasteiger partial charge is 0.497 e. The van der Waals surface area contributed by atoms with Crippen LogP contribution in [0.4, 0.5) is 0 Å². The lowest BCUT2D eigenvalue weighted by atomic mass is 9.83. The molecule has 1 aromatic carbocycles. The molecule has 1 amide bonds. The van der Waals surface area contributed by atoms with E-state index in [2.05, 4.69) is 23.9 Å². The van der Waals surface area contributed by atoms with Crippen LogP contribution in [0.15, 0.2) is 42.7 Å². The molecule has 2 atom stereocenters. The predicted molar refractivity (Wildman–Crippen MR) is 102 cm³/mol. The van der Waals surface area contributed by atoms with Gasteiger partial charge in [-0.15, -0.1) is 6.42 Å². The molecule has 2 heterocycles. The molecule has 4 heteroatoms. The number of ether oxygens (including phenoxy) is 1. The number of unbranched alkanes of at least 4 members (excludes halogenated alkanes) is 1. The zero-order valence-electron chi connectivity index (χ0n) is 15.3. The van der Waals surface area contributed by atoms with Crippen LogP contribution in [0.3, 0.4) is 0 Å². The maximum absolute atomic E-state index is 12.7. The number of pyridine rings is 1. The molecular formula is C22H24N2O2. The summed E-state index contributed by atoms with van der Waals surface area (Å²) in [5.41, 5.74) is 3.28. The van der Waals surface area contributed by atoms with Crippen molar-refractivity contribution in [2.24, 2.45) is 0 Å². The summed E-state index contributed by atoms with van der Waals surface area (Å²) in [6.45, 7) is 2.16. The highest BCUT2D eigenvalue weighted by Crippen LogP contribution is 2.40. The number of aromatic nitrogens is 1. The molecule has 1 aliphatic heterocycles. The van der Waals surface area contributed by atoms with Gasteiger partial charge < -0.3 is 9.64 Å². The summed E-state index contributed by atoms with van der Waals surface area (Å²) in [4.78, 5) is 18.8. The number of carbonyl (C=O) groups excluding carboxylic acids is 1. The van der Waals surface area contributed by atoms with Crippen molar-refractivity contribution in [2.45, 2.75) is 44.7 Å². The molecule has 26 heavy (non-hydrogen) atoms. The summed E-state index contributed by atoms with van der Waals surface area (Å²) in [7, 11) is 1.67. The number of methoxy groups -OCH3 is 1. The van der Waals surface area contributed by atoms with Gasteiger partial charge in [0.15, 0.2) is 0 Å². The van der Waals surface area contributed by atoms with E-state index >= 15 is 0 Å². The molecule has 0 spiro atoms. The van der Waals surface area contributed by atoms with E-state index in [1.807, 2.05) is 35.4 Å². The molecule has 0 saturated heterocycles. The lowest BCUT2D eigenvalue weighted by Gasteiger charge is -2.42. The van der Waals surface area contributed by atoms with Crippen LogP contribution in [0, 0.1) is 12.3 Å². The Morgan fingerprint density at radius 2 is 2.27 bits per heavy atom. The third kappa shape index (κ3) is 3.43. The number of carbonyl (C=O) groups is 1. The van der Waals surface area contributed by atoms with Gasteiger partial charge in [-0.3, -0.25) is 9.78 Å². The molecule has 0 unspecified atom stereocenters. The predicted octanol–water partition coefficient (Wildman–Crippen LogP) is 3.76. The van der Waals surface area contributed by atoms with Crippen molar-refractivity contribution < 1.29 is 9.53 Å². The topological polar surface area (TPSA) is 42.4 Å². The van der Waals surface area contributed by atoms with E-state index in [0.29, 0.717) is 0 Å². The third-order valence-electron chi connectivity index (χ3n) is 5.02. The minimum Gasteiger partial charge on any atom is -0.497 e. The number of terminal acetylenes is 1. The molecule has 4 nitrogen and oxygen atoms in total. The van der Waals surface area contributed by atoms with Crippen LogP contribution in [0.25, 0.3) is 0 Å². The first-order chi connectivity index (χ1) is 12.7. The molecule has 0 aliphatic carbocycles. The van der Waals surface area contributed by atoms with Crippen molar-refractivity contribution in [2.75, 3.05) is 7.11 Å². The Balaban J connectivity index is 2.14. The highest BCUT2D eigenvalue weighted by Gasteiger charge is 2.37. The van der Waals surface area contributed by atoms with E-state index in [-0.39, 0.29) is 18.0 Å². The van der Waals surface area contributed by atoms with Gasteiger partial charge in [-0.05, 0) is 53.7 Å². The van der Waals surface area contributed by atoms with Gasteiger partial charge in [-0.1, -0.05) is 31.9 Å². The Labute approximate surface area is 155 Å². The van der Waals surface area contributed by atoms with Crippen LogP contribution in [0.1, 0.15) is 48.9 Å². The number of nitrogens with zero attached hydrogens (tertiary/aromatic N) is 2. The van der Waals surface area contributed by atoms with Crippen molar-refractivity contribution in [3.8, 4) is 18.1 Å². The van der Waals surface area contributed by atoms with Crippen LogP contribution in [-0.2, 0) is 11.2 Å². The Hall–Kier alpha value is -2.80. The second-order valence-corrected chi connectivity index (χ2v) is 6.61. The van der Waals surface area contributed by atoms with E-state index in [1.165, 1.54) is 5.56 Å². The van der Waals surface area contributed by atoms with Gasteiger partial charge in [-0.25, -0.2) is 0 Å². The lowest BCUT2D eigenvalue weighted by Crippen LogP contribution is -2.47. The highest BCUT2D eigenvalue weighted by molar-refractivity contribution is 5.94. The molecular weight excluding hydrogens is 324 g/mol. The Kier molecular flexibility index (Phi) is 5.58. The fourth-order valence-electron chi connectivity index (χ4n) is 3.78.